The van der Waals surface area contributed by atoms with Crippen LogP contribution in [0.1, 0.15) is 39.5 Å². The molecule has 2 unspecified atom stereocenters. The molecule has 82 valence electrons. The van der Waals surface area contributed by atoms with Gasteiger partial charge in [0.05, 0.1) is 0 Å². The van der Waals surface area contributed by atoms with Gasteiger partial charge in [-0.05, 0) is 45.1 Å². The first kappa shape index (κ1) is 10.4. The first-order valence-electron chi connectivity index (χ1n) is 6.26. The van der Waals surface area contributed by atoms with Gasteiger partial charge in [-0.3, -0.25) is 0 Å². The molecule has 0 radical (unpaired) electrons. The zero-order chi connectivity index (χ0) is 9.97. The summed E-state index contributed by atoms with van der Waals surface area (Å²) in [7, 11) is 0. The monoisotopic (exact) mass is 196 g/mol. The van der Waals surface area contributed by atoms with Crippen molar-refractivity contribution in [1.29, 1.82) is 0 Å². The van der Waals surface area contributed by atoms with Crippen LogP contribution in [0.4, 0.5) is 0 Å². The molecule has 1 aliphatic heterocycles. The van der Waals surface area contributed by atoms with E-state index in [9.17, 15) is 0 Å². The maximum atomic E-state index is 3.71. The molecule has 14 heavy (non-hydrogen) atoms. The highest BCUT2D eigenvalue weighted by Crippen LogP contribution is 2.30. The lowest BCUT2D eigenvalue weighted by atomic mass is 10.2. The zero-order valence-corrected chi connectivity index (χ0v) is 9.63. The Kier molecular flexibility index (Phi) is 3.45. The number of hydrogen-bond acceptors (Lipinski definition) is 2. The average molecular weight is 196 g/mol. The number of nitrogens with one attached hydrogen (secondary N) is 1. The van der Waals surface area contributed by atoms with Crippen molar-refractivity contribution in [2.45, 2.75) is 51.6 Å². The van der Waals surface area contributed by atoms with E-state index in [2.05, 4.69) is 24.1 Å². The Morgan fingerprint density at radius 3 is 2.79 bits per heavy atom. The third-order valence-electron chi connectivity index (χ3n) is 3.62. The summed E-state index contributed by atoms with van der Waals surface area (Å²) in [6, 6.07) is 1.46. The minimum Gasteiger partial charge on any atom is -0.310 e. The number of rotatable bonds is 5. The van der Waals surface area contributed by atoms with Crippen molar-refractivity contribution < 1.29 is 0 Å². The molecule has 1 saturated carbocycles. The molecule has 2 rings (SSSR count). The van der Waals surface area contributed by atoms with Crippen molar-refractivity contribution in [3.05, 3.63) is 0 Å². The highest BCUT2D eigenvalue weighted by Gasteiger charge is 2.29. The fourth-order valence-corrected chi connectivity index (χ4v) is 2.32. The molecule has 0 spiro atoms. The third kappa shape index (κ3) is 2.96. The summed E-state index contributed by atoms with van der Waals surface area (Å²) < 4.78 is 0. The van der Waals surface area contributed by atoms with Crippen LogP contribution in [-0.2, 0) is 0 Å². The van der Waals surface area contributed by atoms with Crippen molar-refractivity contribution in [2.24, 2.45) is 5.92 Å². The molecule has 1 aliphatic carbocycles. The molecule has 2 aliphatic rings. The number of likely N-dealkylation sites (tertiary alicyclic amines) is 1. The molecule has 2 nitrogen and oxygen atoms in total. The van der Waals surface area contributed by atoms with E-state index in [1.54, 1.807) is 0 Å². The Bertz CT molecular complexity index is 177. The standard InChI is InChI=1S/C12H24N2/c1-3-10(2)13-12-6-7-14(9-12)8-11-4-5-11/h10-13H,3-9H2,1-2H3. The second kappa shape index (κ2) is 4.63. The molecule has 0 bridgehead atoms. The SMILES string of the molecule is CCC(C)NC1CCN(CC2CC2)C1. The largest absolute Gasteiger partial charge is 0.310 e. The molecule has 1 N–H and O–H groups in total. The lowest BCUT2D eigenvalue weighted by molar-refractivity contribution is 0.310. The van der Waals surface area contributed by atoms with Gasteiger partial charge in [-0.15, -0.1) is 0 Å². The van der Waals surface area contributed by atoms with Gasteiger partial charge in [0.2, 0.25) is 0 Å². The summed E-state index contributed by atoms with van der Waals surface area (Å²) in [4.78, 5) is 2.65. The Morgan fingerprint density at radius 2 is 2.14 bits per heavy atom. The third-order valence-corrected chi connectivity index (χ3v) is 3.62. The minimum atomic E-state index is 0.695. The van der Waals surface area contributed by atoms with Crippen LogP contribution in [0.5, 0.6) is 0 Å². The van der Waals surface area contributed by atoms with Crippen molar-refractivity contribution in [3.8, 4) is 0 Å². The van der Waals surface area contributed by atoms with Crippen molar-refractivity contribution in [3.63, 3.8) is 0 Å². The quantitative estimate of drug-likeness (QED) is 0.722. The Morgan fingerprint density at radius 1 is 1.36 bits per heavy atom. The van der Waals surface area contributed by atoms with E-state index in [0.29, 0.717) is 6.04 Å². The fourth-order valence-electron chi connectivity index (χ4n) is 2.32. The van der Waals surface area contributed by atoms with Crippen LogP contribution in [-0.4, -0.2) is 36.6 Å². The molecule has 1 heterocycles. The number of nitrogens with zero attached hydrogens (tertiary/aromatic N) is 1. The van der Waals surface area contributed by atoms with Gasteiger partial charge in [-0.1, -0.05) is 6.92 Å². The molecule has 1 saturated heterocycles. The second-order valence-corrected chi connectivity index (χ2v) is 5.16. The van der Waals surface area contributed by atoms with E-state index in [1.165, 1.54) is 45.3 Å². The molecular formula is C12H24N2. The predicted molar refractivity (Wildman–Crippen MR) is 60.5 cm³/mol. The normalized spacial score (nSPS) is 30.9. The Labute approximate surface area is 88.1 Å². The summed E-state index contributed by atoms with van der Waals surface area (Å²) >= 11 is 0. The molecule has 0 aromatic carbocycles. The van der Waals surface area contributed by atoms with Crippen LogP contribution in [0.25, 0.3) is 0 Å². The van der Waals surface area contributed by atoms with Gasteiger partial charge >= 0.3 is 0 Å². The molecule has 0 amide bonds. The average Bonchev–Trinajstić information content (AvgIpc) is 2.87. The van der Waals surface area contributed by atoms with Crippen molar-refractivity contribution in [1.82, 2.24) is 10.2 Å². The first-order valence-corrected chi connectivity index (χ1v) is 6.26. The van der Waals surface area contributed by atoms with Crippen LogP contribution < -0.4 is 5.32 Å². The van der Waals surface area contributed by atoms with E-state index >= 15 is 0 Å². The van der Waals surface area contributed by atoms with E-state index < -0.39 is 0 Å². The summed E-state index contributed by atoms with van der Waals surface area (Å²) in [6.45, 7) is 8.54. The van der Waals surface area contributed by atoms with Crippen molar-refractivity contribution in [2.75, 3.05) is 19.6 Å². The number of hydrogen-bond donors (Lipinski definition) is 1. The van der Waals surface area contributed by atoms with Gasteiger partial charge in [-0.2, -0.15) is 0 Å². The molecule has 2 heteroatoms. The predicted octanol–water partition coefficient (Wildman–Crippen LogP) is 1.86. The summed E-state index contributed by atoms with van der Waals surface area (Å²) in [5, 5.41) is 3.71. The minimum absolute atomic E-state index is 0.695. The Hall–Kier alpha value is -0.0800. The van der Waals surface area contributed by atoms with E-state index in [0.717, 1.165) is 12.0 Å². The van der Waals surface area contributed by atoms with Gasteiger partial charge in [0.1, 0.15) is 0 Å². The highest BCUT2D eigenvalue weighted by molar-refractivity contribution is 4.86. The lowest BCUT2D eigenvalue weighted by Crippen LogP contribution is -2.38. The molecular weight excluding hydrogens is 172 g/mol. The van der Waals surface area contributed by atoms with Crippen molar-refractivity contribution >= 4 is 0 Å². The fraction of sp³-hybridized carbons (Fsp3) is 1.00. The zero-order valence-electron chi connectivity index (χ0n) is 9.63. The molecule has 0 aromatic rings. The summed E-state index contributed by atoms with van der Waals surface area (Å²) in [5.74, 6) is 1.05. The molecule has 0 aromatic heterocycles. The van der Waals surface area contributed by atoms with Crippen LogP contribution >= 0.6 is 0 Å². The maximum absolute atomic E-state index is 3.71. The summed E-state index contributed by atoms with van der Waals surface area (Å²) in [5.41, 5.74) is 0. The molecule has 2 fully saturated rings. The maximum Gasteiger partial charge on any atom is 0.0209 e. The van der Waals surface area contributed by atoms with Crippen LogP contribution in [0.15, 0.2) is 0 Å². The van der Waals surface area contributed by atoms with Gasteiger partial charge in [-0.25, -0.2) is 0 Å². The van der Waals surface area contributed by atoms with Gasteiger partial charge in [0.25, 0.3) is 0 Å². The van der Waals surface area contributed by atoms with E-state index in [4.69, 9.17) is 0 Å². The lowest BCUT2D eigenvalue weighted by Gasteiger charge is -2.19. The van der Waals surface area contributed by atoms with Crippen LogP contribution in [0.3, 0.4) is 0 Å². The van der Waals surface area contributed by atoms with Crippen LogP contribution in [0, 0.1) is 5.92 Å². The smallest absolute Gasteiger partial charge is 0.0209 e. The van der Waals surface area contributed by atoms with E-state index in [1.807, 2.05) is 0 Å². The van der Waals surface area contributed by atoms with Gasteiger partial charge in [0.15, 0.2) is 0 Å². The second-order valence-electron chi connectivity index (χ2n) is 5.16. The van der Waals surface area contributed by atoms with Gasteiger partial charge in [0, 0.05) is 25.2 Å². The van der Waals surface area contributed by atoms with Gasteiger partial charge < -0.3 is 10.2 Å². The topological polar surface area (TPSA) is 15.3 Å². The van der Waals surface area contributed by atoms with Crippen LogP contribution in [0.2, 0.25) is 0 Å². The Balaban J connectivity index is 1.65. The summed E-state index contributed by atoms with van der Waals surface area (Å²) in [6.07, 6.45) is 5.58. The van der Waals surface area contributed by atoms with E-state index in [-0.39, 0.29) is 0 Å². The highest BCUT2D eigenvalue weighted by atomic mass is 15.2. The molecule has 2 atom stereocenters. The first-order chi connectivity index (χ1) is 6.78.